The van der Waals surface area contributed by atoms with Crippen LogP contribution in [0.5, 0.6) is 0 Å². The van der Waals surface area contributed by atoms with Crippen molar-refractivity contribution in [2.45, 2.75) is 26.9 Å². The Bertz CT molecular complexity index is 534. The third-order valence-electron chi connectivity index (χ3n) is 3.56. The van der Waals surface area contributed by atoms with Gasteiger partial charge in [0.25, 0.3) is 5.91 Å². The summed E-state index contributed by atoms with van der Waals surface area (Å²) in [7, 11) is 0. The molecule has 2 rings (SSSR count). The molecule has 1 aliphatic heterocycles. The van der Waals surface area contributed by atoms with E-state index < -0.39 is 0 Å². The molecule has 0 bridgehead atoms. The molecule has 0 radical (unpaired) electrons. The standard InChI is InChI=1S/C15H20N2O2S/c1-9-6-10(2)13(11(3)7-9)15(18)17-4-5-19-12(8-17)14(16)20/h6-7,12H,4-5,8H2,1-3H3,(H2,16,20). The molecule has 1 saturated heterocycles. The summed E-state index contributed by atoms with van der Waals surface area (Å²) in [5.74, 6) is 0.0320. The Balaban J connectivity index is 2.25. The van der Waals surface area contributed by atoms with Crippen molar-refractivity contribution < 1.29 is 9.53 Å². The highest BCUT2D eigenvalue weighted by atomic mass is 32.1. The Morgan fingerprint density at radius 2 is 1.95 bits per heavy atom. The van der Waals surface area contributed by atoms with Gasteiger partial charge in [0.1, 0.15) is 11.1 Å². The maximum Gasteiger partial charge on any atom is 0.254 e. The summed E-state index contributed by atoms with van der Waals surface area (Å²) in [5.41, 5.74) is 9.57. The van der Waals surface area contributed by atoms with E-state index in [4.69, 9.17) is 22.7 Å². The van der Waals surface area contributed by atoms with E-state index in [9.17, 15) is 4.79 Å². The predicted molar refractivity (Wildman–Crippen MR) is 83.1 cm³/mol. The number of hydrogen-bond acceptors (Lipinski definition) is 3. The van der Waals surface area contributed by atoms with Crippen molar-refractivity contribution in [1.29, 1.82) is 0 Å². The third kappa shape index (κ3) is 2.99. The van der Waals surface area contributed by atoms with E-state index in [1.54, 1.807) is 4.90 Å². The summed E-state index contributed by atoms with van der Waals surface area (Å²) >= 11 is 4.96. The summed E-state index contributed by atoms with van der Waals surface area (Å²) < 4.78 is 5.48. The van der Waals surface area contributed by atoms with Crippen LogP contribution < -0.4 is 5.73 Å². The van der Waals surface area contributed by atoms with Crippen LogP contribution in [0.4, 0.5) is 0 Å². The van der Waals surface area contributed by atoms with Gasteiger partial charge in [0.05, 0.1) is 13.2 Å². The van der Waals surface area contributed by atoms with Gasteiger partial charge in [0.15, 0.2) is 0 Å². The first-order valence-corrected chi connectivity index (χ1v) is 7.09. The van der Waals surface area contributed by atoms with E-state index in [0.717, 1.165) is 16.7 Å². The second-order valence-corrected chi connectivity index (χ2v) is 5.76. The molecule has 108 valence electrons. The molecular weight excluding hydrogens is 272 g/mol. The fourth-order valence-corrected chi connectivity index (χ4v) is 2.82. The Morgan fingerprint density at radius 3 is 2.50 bits per heavy atom. The van der Waals surface area contributed by atoms with Gasteiger partial charge in [-0.2, -0.15) is 0 Å². The number of benzene rings is 1. The molecule has 1 unspecified atom stereocenters. The Labute approximate surface area is 124 Å². The van der Waals surface area contributed by atoms with E-state index in [0.29, 0.717) is 24.7 Å². The summed E-state index contributed by atoms with van der Waals surface area (Å²) in [6.45, 7) is 7.45. The van der Waals surface area contributed by atoms with Crippen LogP contribution in [0.1, 0.15) is 27.0 Å². The molecule has 0 saturated carbocycles. The van der Waals surface area contributed by atoms with Crippen molar-refractivity contribution in [3.63, 3.8) is 0 Å². The van der Waals surface area contributed by atoms with Crippen molar-refractivity contribution in [3.05, 3.63) is 34.4 Å². The topological polar surface area (TPSA) is 55.6 Å². The number of nitrogens with zero attached hydrogens (tertiary/aromatic N) is 1. The van der Waals surface area contributed by atoms with Gasteiger partial charge in [-0.25, -0.2) is 0 Å². The van der Waals surface area contributed by atoms with Crippen LogP contribution in [0.15, 0.2) is 12.1 Å². The number of aryl methyl sites for hydroxylation is 3. The molecule has 0 aliphatic carbocycles. The normalized spacial score (nSPS) is 18.9. The van der Waals surface area contributed by atoms with Gasteiger partial charge in [0, 0.05) is 12.1 Å². The number of ether oxygens (including phenoxy) is 1. The zero-order valence-electron chi connectivity index (χ0n) is 12.1. The van der Waals surface area contributed by atoms with E-state index >= 15 is 0 Å². The molecule has 1 heterocycles. The molecule has 1 atom stereocenters. The smallest absolute Gasteiger partial charge is 0.254 e. The molecule has 1 aromatic carbocycles. The van der Waals surface area contributed by atoms with Crippen LogP contribution in [0, 0.1) is 20.8 Å². The summed E-state index contributed by atoms with van der Waals surface area (Å²) in [5, 5.41) is 0. The number of carbonyl (C=O) groups excluding carboxylic acids is 1. The van der Waals surface area contributed by atoms with Crippen molar-refractivity contribution >= 4 is 23.1 Å². The quantitative estimate of drug-likeness (QED) is 0.844. The van der Waals surface area contributed by atoms with E-state index in [1.807, 2.05) is 32.9 Å². The maximum atomic E-state index is 12.7. The molecule has 2 N–H and O–H groups in total. The number of amides is 1. The van der Waals surface area contributed by atoms with Gasteiger partial charge < -0.3 is 15.4 Å². The summed E-state index contributed by atoms with van der Waals surface area (Å²) in [6.07, 6.45) is -0.339. The molecule has 4 nitrogen and oxygen atoms in total. The minimum Gasteiger partial charge on any atom is -0.391 e. The summed E-state index contributed by atoms with van der Waals surface area (Å²) in [4.78, 5) is 14.8. The van der Waals surface area contributed by atoms with Gasteiger partial charge in [-0.3, -0.25) is 4.79 Å². The van der Waals surface area contributed by atoms with E-state index in [2.05, 4.69) is 0 Å². The summed E-state index contributed by atoms with van der Waals surface area (Å²) in [6, 6.07) is 4.07. The monoisotopic (exact) mass is 292 g/mol. The van der Waals surface area contributed by atoms with Crippen molar-refractivity contribution in [1.82, 2.24) is 4.90 Å². The zero-order valence-corrected chi connectivity index (χ0v) is 12.9. The fraction of sp³-hybridized carbons (Fsp3) is 0.467. The average Bonchev–Trinajstić information content (AvgIpc) is 2.37. The first kappa shape index (κ1) is 14.9. The highest BCUT2D eigenvalue weighted by Crippen LogP contribution is 2.20. The number of nitrogens with two attached hydrogens (primary N) is 1. The first-order valence-electron chi connectivity index (χ1n) is 6.68. The second kappa shape index (κ2) is 5.89. The number of thiocarbonyl (C=S) groups is 1. The molecule has 0 spiro atoms. The van der Waals surface area contributed by atoms with Crippen LogP contribution in [0.3, 0.4) is 0 Å². The second-order valence-electron chi connectivity index (χ2n) is 5.29. The van der Waals surface area contributed by atoms with Gasteiger partial charge in [0.2, 0.25) is 0 Å². The molecule has 0 aromatic heterocycles. The van der Waals surface area contributed by atoms with Gasteiger partial charge >= 0.3 is 0 Å². The number of rotatable bonds is 2. The fourth-order valence-electron chi connectivity index (χ4n) is 2.68. The van der Waals surface area contributed by atoms with Crippen molar-refractivity contribution in [2.75, 3.05) is 19.7 Å². The molecule has 1 fully saturated rings. The number of hydrogen-bond donors (Lipinski definition) is 1. The predicted octanol–water partition coefficient (Wildman–Crippen LogP) is 1.74. The number of morpholine rings is 1. The lowest BCUT2D eigenvalue weighted by atomic mass is 9.98. The lowest BCUT2D eigenvalue weighted by molar-refractivity contribution is 0.00871. The molecule has 5 heteroatoms. The minimum absolute atomic E-state index is 0.0320. The Morgan fingerprint density at radius 1 is 1.35 bits per heavy atom. The highest BCUT2D eigenvalue weighted by molar-refractivity contribution is 7.80. The van der Waals surface area contributed by atoms with E-state index in [1.165, 1.54) is 5.56 Å². The van der Waals surface area contributed by atoms with Crippen LogP contribution >= 0.6 is 12.2 Å². The van der Waals surface area contributed by atoms with Crippen LogP contribution in [0.25, 0.3) is 0 Å². The largest absolute Gasteiger partial charge is 0.391 e. The molecule has 20 heavy (non-hydrogen) atoms. The minimum atomic E-state index is -0.339. The Hall–Kier alpha value is -1.46. The number of carbonyl (C=O) groups is 1. The lowest BCUT2D eigenvalue weighted by Crippen LogP contribution is -2.50. The lowest BCUT2D eigenvalue weighted by Gasteiger charge is -2.33. The maximum absolute atomic E-state index is 12.7. The SMILES string of the molecule is Cc1cc(C)c(C(=O)N2CCOC(C(N)=S)C2)c(C)c1. The molecule has 1 aliphatic rings. The first-order chi connectivity index (χ1) is 9.40. The van der Waals surface area contributed by atoms with Crippen LogP contribution in [0.2, 0.25) is 0 Å². The van der Waals surface area contributed by atoms with Crippen LogP contribution in [-0.4, -0.2) is 41.6 Å². The van der Waals surface area contributed by atoms with Crippen molar-refractivity contribution in [2.24, 2.45) is 5.73 Å². The van der Waals surface area contributed by atoms with Crippen molar-refractivity contribution in [3.8, 4) is 0 Å². The van der Waals surface area contributed by atoms with Gasteiger partial charge in [-0.05, 0) is 31.9 Å². The van der Waals surface area contributed by atoms with E-state index in [-0.39, 0.29) is 12.0 Å². The van der Waals surface area contributed by atoms with Crippen LogP contribution in [-0.2, 0) is 4.74 Å². The zero-order chi connectivity index (χ0) is 14.9. The molecule has 1 amide bonds. The van der Waals surface area contributed by atoms with Gasteiger partial charge in [-0.1, -0.05) is 29.9 Å². The third-order valence-corrected chi connectivity index (χ3v) is 3.82. The molecular formula is C15H20N2O2S. The average molecular weight is 292 g/mol. The van der Waals surface area contributed by atoms with Gasteiger partial charge in [-0.15, -0.1) is 0 Å². The Kier molecular flexibility index (Phi) is 4.40. The highest BCUT2D eigenvalue weighted by Gasteiger charge is 2.28. The molecule has 1 aromatic rings.